The number of hydrogen-bond donors (Lipinski definition) is 1. The van der Waals surface area contributed by atoms with E-state index in [1.54, 1.807) is 0 Å². The summed E-state index contributed by atoms with van der Waals surface area (Å²) in [4.78, 5) is 0. The Kier molecular flexibility index (Phi) is 4.56. The van der Waals surface area contributed by atoms with Crippen LogP contribution < -0.4 is 5.32 Å². The van der Waals surface area contributed by atoms with E-state index in [9.17, 15) is 4.21 Å². The summed E-state index contributed by atoms with van der Waals surface area (Å²) < 4.78 is 21.7. The van der Waals surface area contributed by atoms with Gasteiger partial charge in [0.2, 0.25) is 0 Å². The summed E-state index contributed by atoms with van der Waals surface area (Å²) in [6, 6.07) is 0.536. The lowest BCUT2D eigenvalue weighted by molar-refractivity contribution is -0.137. The molecule has 0 bridgehead atoms. The van der Waals surface area contributed by atoms with Gasteiger partial charge < -0.3 is 14.8 Å². The Bertz CT molecular complexity index is 209. The maximum Gasteiger partial charge on any atom is 0.147 e. The predicted octanol–water partition coefficient (Wildman–Crippen LogP) is 0.250. The normalized spacial score (nSPS) is 37.7. The van der Waals surface area contributed by atoms with Crippen molar-refractivity contribution in [2.24, 2.45) is 0 Å². The molecule has 0 aromatic heterocycles. The summed E-state index contributed by atoms with van der Waals surface area (Å²) in [6.07, 6.45) is 3.35. The van der Waals surface area contributed by atoms with Gasteiger partial charge in [-0.05, 0) is 19.3 Å². The van der Waals surface area contributed by atoms with Gasteiger partial charge in [-0.15, -0.1) is 0 Å². The van der Waals surface area contributed by atoms with Gasteiger partial charge >= 0.3 is 0 Å². The molecule has 2 aliphatic rings. The Morgan fingerprint density at radius 1 is 1.27 bits per heavy atom. The second kappa shape index (κ2) is 5.94. The van der Waals surface area contributed by atoms with Gasteiger partial charge in [0.05, 0.1) is 12.7 Å². The van der Waals surface area contributed by atoms with Gasteiger partial charge in [-0.1, -0.05) is 0 Å². The Labute approximate surface area is 93.2 Å². The molecule has 0 spiro atoms. The van der Waals surface area contributed by atoms with Crippen molar-refractivity contribution < 1.29 is 13.7 Å². The summed E-state index contributed by atoms with van der Waals surface area (Å²) in [5.41, 5.74) is 0. The lowest BCUT2D eigenvalue weighted by atomic mass is 10.1. The molecule has 0 radical (unpaired) electrons. The molecular formula is C10H19NO3S. The second-order valence-corrected chi connectivity index (χ2v) is 5.83. The molecule has 2 aliphatic heterocycles. The summed E-state index contributed by atoms with van der Waals surface area (Å²) >= 11 is 0. The molecule has 0 aromatic carbocycles. The van der Waals surface area contributed by atoms with Crippen molar-refractivity contribution in [2.75, 3.05) is 31.5 Å². The summed E-state index contributed by atoms with van der Waals surface area (Å²) in [5.74, 6) is 1.71. The summed E-state index contributed by atoms with van der Waals surface area (Å²) in [7, 11) is -0.560. The Morgan fingerprint density at radius 3 is 2.73 bits per heavy atom. The van der Waals surface area contributed by atoms with Crippen molar-refractivity contribution in [1.82, 2.24) is 5.32 Å². The van der Waals surface area contributed by atoms with Gasteiger partial charge in [0.15, 0.2) is 0 Å². The second-order valence-electron chi connectivity index (χ2n) is 4.13. The van der Waals surface area contributed by atoms with Crippen molar-refractivity contribution in [2.45, 2.75) is 31.4 Å². The van der Waals surface area contributed by atoms with Crippen molar-refractivity contribution in [3.05, 3.63) is 0 Å². The first-order chi connectivity index (χ1) is 7.34. The van der Waals surface area contributed by atoms with Gasteiger partial charge in [0.1, 0.15) is 6.79 Å². The van der Waals surface area contributed by atoms with Crippen molar-refractivity contribution in [1.29, 1.82) is 0 Å². The van der Waals surface area contributed by atoms with Gasteiger partial charge in [-0.2, -0.15) is 0 Å². The molecule has 4 nitrogen and oxygen atoms in total. The first kappa shape index (κ1) is 11.5. The zero-order chi connectivity index (χ0) is 10.5. The molecule has 1 atom stereocenters. The average Bonchev–Trinajstić information content (AvgIpc) is 2.30. The lowest BCUT2D eigenvalue weighted by Crippen LogP contribution is -2.42. The van der Waals surface area contributed by atoms with Crippen LogP contribution in [0, 0.1) is 0 Å². The molecule has 1 unspecified atom stereocenters. The number of ether oxygens (including phenoxy) is 2. The highest BCUT2D eigenvalue weighted by molar-refractivity contribution is 7.85. The van der Waals surface area contributed by atoms with Crippen LogP contribution in [-0.4, -0.2) is 47.8 Å². The SMILES string of the molecule is O=S1CCC(NCC2CCOCO2)CC1. The number of rotatable bonds is 3. The molecule has 0 aromatic rings. The maximum atomic E-state index is 11.2. The maximum absolute atomic E-state index is 11.2. The largest absolute Gasteiger partial charge is 0.355 e. The molecule has 1 N–H and O–H groups in total. The molecule has 0 amide bonds. The van der Waals surface area contributed by atoms with Crippen LogP contribution in [0.1, 0.15) is 19.3 Å². The van der Waals surface area contributed by atoms with Crippen LogP contribution in [0.2, 0.25) is 0 Å². The number of nitrogens with one attached hydrogen (secondary N) is 1. The summed E-state index contributed by atoms with van der Waals surface area (Å²) in [6.45, 7) is 2.14. The monoisotopic (exact) mass is 233 g/mol. The van der Waals surface area contributed by atoms with Crippen molar-refractivity contribution in [3.8, 4) is 0 Å². The van der Waals surface area contributed by atoms with Crippen LogP contribution in [0.25, 0.3) is 0 Å². The van der Waals surface area contributed by atoms with E-state index in [1.807, 2.05) is 0 Å². The highest BCUT2D eigenvalue weighted by atomic mass is 32.2. The van der Waals surface area contributed by atoms with Gasteiger partial charge in [-0.3, -0.25) is 4.21 Å². The Morgan fingerprint density at radius 2 is 2.07 bits per heavy atom. The van der Waals surface area contributed by atoms with Crippen LogP contribution in [0.4, 0.5) is 0 Å². The van der Waals surface area contributed by atoms with E-state index in [2.05, 4.69) is 5.32 Å². The molecule has 88 valence electrons. The molecule has 0 aliphatic carbocycles. The van der Waals surface area contributed by atoms with Crippen molar-refractivity contribution in [3.63, 3.8) is 0 Å². The first-order valence-electron chi connectivity index (χ1n) is 5.62. The fourth-order valence-electron chi connectivity index (χ4n) is 1.96. The first-order valence-corrected chi connectivity index (χ1v) is 7.11. The minimum absolute atomic E-state index is 0.297. The van der Waals surface area contributed by atoms with Crippen LogP contribution in [0.5, 0.6) is 0 Å². The fraction of sp³-hybridized carbons (Fsp3) is 1.00. The van der Waals surface area contributed by atoms with Crippen LogP contribution in [0.3, 0.4) is 0 Å². The quantitative estimate of drug-likeness (QED) is 0.759. The van der Waals surface area contributed by atoms with E-state index in [4.69, 9.17) is 9.47 Å². The topological polar surface area (TPSA) is 47.6 Å². The zero-order valence-electron chi connectivity index (χ0n) is 8.94. The minimum Gasteiger partial charge on any atom is -0.355 e. The number of hydrogen-bond acceptors (Lipinski definition) is 4. The van der Waals surface area contributed by atoms with E-state index < -0.39 is 10.8 Å². The van der Waals surface area contributed by atoms with Gasteiger partial charge in [-0.25, -0.2) is 0 Å². The summed E-state index contributed by atoms with van der Waals surface area (Å²) in [5, 5.41) is 3.50. The van der Waals surface area contributed by atoms with Crippen LogP contribution >= 0.6 is 0 Å². The molecular weight excluding hydrogens is 214 g/mol. The standard InChI is InChI=1S/C10H19NO3S/c12-15-5-2-9(3-6-15)11-7-10-1-4-13-8-14-10/h9-11H,1-8H2. The smallest absolute Gasteiger partial charge is 0.147 e. The zero-order valence-corrected chi connectivity index (χ0v) is 9.76. The molecule has 2 heterocycles. The molecule has 2 saturated heterocycles. The van der Waals surface area contributed by atoms with E-state index in [-0.39, 0.29) is 0 Å². The predicted molar refractivity (Wildman–Crippen MR) is 59.2 cm³/mol. The fourth-order valence-corrected chi connectivity index (χ4v) is 3.26. The molecule has 2 fully saturated rings. The molecule has 2 rings (SSSR count). The highest BCUT2D eigenvalue weighted by Crippen LogP contribution is 2.10. The molecule has 15 heavy (non-hydrogen) atoms. The van der Waals surface area contributed by atoms with E-state index in [0.717, 1.165) is 43.9 Å². The average molecular weight is 233 g/mol. The molecule has 5 heteroatoms. The van der Waals surface area contributed by atoms with E-state index >= 15 is 0 Å². The Balaban J connectivity index is 1.62. The third-order valence-electron chi connectivity index (χ3n) is 2.99. The minimum atomic E-state index is -0.560. The van der Waals surface area contributed by atoms with Gasteiger partial charge in [0.25, 0.3) is 0 Å². The lowest BCUT2D eigenvalue weighted by Gasteiger charge is -2.27. The van der Waals surface area contributed by atoms with E-state index in [1.165, 1.54) is 0 Å². The van der Waals surface area contributed by atoms with Gasteiger partial charge in [0, 0.05) is 34.9 Å². The highest BCUT2D eigenvalue weighted by Gasteiger charge is 2.20. The van der Waals surface area contributed by atoms with Crippen LogP contribution in [-0.2, 0) is 20.3 Å². The molecule has 0 saturated carbocycles. The third-order valence-corrected chi connectivity index (χ3v) is 4.38. The third kappa shape index (κ3) is 3.83. The van der Waals surface area contributed by atoms with E-state index in [0.29, 0.717) is 18.9 Å². The Hall–Kier alpha value is 0.0300. The van der Waals surface area contributed by atoms with Crippen molar-refractivity contribution >= 4 is 10.8 Å². The van der Waals surface area contributed by atoms with Crippen LogP contribution in [0.15, 0.2) is 0 Å².